The fourth-order valence-electron chi connectivity index (χ4n) is 2.40. The number of halogens is 1. The summed E-state index contributed by atoms with van der Waals surface area (Å²) >= 11 is 5.79. The number of ether oxygens (including phenoxy) is 3. The molecule has 0 saturated heterocycles. The molecule has 0 spiro atoms. The van der Waals surface area contributed by atoms with E-state index in [1.165, 1.54) is 0 Å². The van der Waals surface area contributed by atoms with Gasteiger partial charge in [-0.05, 0) is 42.8 Å². The van der Waals surface area contributed by atoms with Crippen LogP contribution in [0.15, 0.2) is 67.1 Å². The fraction of sp³-hybridized carbons (Fsp3) is 0.222. The van der Waals surface area contributed by atoms with Gasteiger partial charge in [0.15, 0.2) is 0 Å². The summed E-state index contributed by atoms with van der Waals surface area (Å²) < 4.78 is 17.2. The van der Waals surface area contributed by atoms with E-state index in [0.717, 1.165) is 23.5 Å². The summed E-state index contributed by atoms with van der Waals surface area (Å²) in [5.41, 5.74) is 0.947. The normalized spacial score (nSPS) is 15.1. The van der Waals surface area contributed by atoms with E-state index in [0.29, 0.717) is 12.3 Å². The molecule has 0 aromatic heterocycles. The second-order valence-corrected chi connectivity index (χ2v) is 5.37. The first-order valence-corrected chi connectivity index (χ1v) is 7.76. The smallest absolute Gasteiger partial charge is 0.276 e. The largest absolute Gasteiger partial charge is 0.457 e. The van der Waals surface area contributed by atoms with Crippen molar-refractivity contribution in [3.05, 3.63) is 72.7 Å². The third-order valence-electron chi connectivity index (χ3n) is 3.48. The minimum atomic E-state index is -0.764. The molecule has 22 heavy (non-hydrogen) atoms. The molecular formula is C18H17ClO3. The van der Waals surface area contributed by atoms with Gasteiger partial charge in [0, 0.05) is 17.9 Å². The summed E-state index contributed by atoms with van der Waals surface area (Å²) in [6.45, 7) is 0. The highest BCUT2D eigenvalue weighted by atomic mass is 35.5. The van der Waals surface area contributed by atoms with Crippen LogP contribution in [0.1, 0.15) is 18.4 Å². The lowest BCUT2D eigenvalue weighted by Gasteiger charge is -2.28. The van der Waals surface area contributed by atoms with Gasteiger partial charge in [-0.15, -0.1) is 11.6 Å². The molecule has 4 heteroatoms. The van der Waals surface area contributed by atoms with Crippen molar-refractivity contribution >= 4 is 11.6 Å². The zero-order valence-corrected chi connectivity index (χ0v) is 12.8. The van der Waals surface area contributed by atoms with Crippen molar-refractivity contribution in [1.29, 1.82) is 0 Å². The highest BCUT2D eigenvalue weighted by molar-refractivity contribution is 6.17. The molecule has 3 nitrogen and oxygen atoms in total. The van der Waals surface area contributed by atoms with Gasteiger partial charge in [-0.1, -0.05) is 18.2 Å². The fourth-order valence-corrected chi connectivity index (χ4v) is 2.54. The standard InChI is InChI=1S/C18H17ClO3/c19-12-4-11-18(20-13-14-21-18)15-7-9-17(10-8-15)22-16-5-2-1-3-6-16/h1-3,5-10,13-14H,4,11-12H2. The molecule has 0 atom stereocenters. The molecule has 0 amide bonds. The first-order valence-electron chi connectivity index (χ1n) is 7.22. The molecule has 0 N–H and O–H groups in total. The summed E-state index contributed by atoms with van der Waals surface area (Å²) in [6.07, 6.45) is 4.65. The number of hydrogen-bond acceptors (Lipinski definition) is 3. The van der Waals surface area contributed by atoms with Crippen LogP contribution in [0.3, 0.4) is 0 Å². The van der Waals surface area contributed by atoms with E-state index >= 15 is 0 Å². The second-order valence-electron chi connectivity index (χ2n) is 4.99. The average Bonchev–Trinajstić information content (AvgIpc) is 3.05. The minimum absolute atomic E-state index is 0.573. The quantitative estimate of drug-likeness (QED) is 0.688. The Kier molecular flexibility index (Phi) is 4.54. The van der Waals surface area contributed by atoms with E-state index in [4.69, 9.17) is 25.8 Å². The third kappa shape index (κ3) is 3.20. The highest BCUT2D eigenvalue weighted by Crippen LogP contribution is 2.37. The molecule has 1 heterocycles. The lowest BCUT2D eigenvalue weighted by atomic mass is 10.0. The Bertz CT molecular complexity index is 615. The van der Waals surface area contributed by atoms with Gasteiger partial charge in [-0.2, -0.15) is 0 Å². The van der Waals surface area contributed by atoms with Gasteiger partial charge < -0.3 is 14.2 Å². The molecule has 1 aliphatic heterocycles. The van der Waals surface area contributed by atoms with Crippen LogP contribution in [0.2, 0.25) is 0 Å². The van der Waals surface area contributed by atoms with Crippen LogP contribution in [0.4, 0.5) is 0 Å². The maximum atomic E-state index is 5.79. The number of para-hydroxylation sites is 1. The van der Waals surface area contributed by atoms with E-state index < -0.39 is 5.79 Å². The minimum Gasteiger partial charge on any atom is -0.457 e. The van der Waals surface area contributed by atoms with Crippen LogP contribution in [-0.2, 0) is 15.3 Å². The summed E-state index contributed by atoms with van der Waals surface area (Å²) in [6, 6.07) is 17.4. The number of benzene rings is 2. The van der Waals surface area contributed by atoms with Crippen molar-refractivity contribution in [2.24, 2.45) is 0 Å². The Balaban J connectivity index is 1.75. The van der Waals surface area contributed by atoms with Crippen molar-refractivity contribution in [1.82, 2.24) is 0 Å². The first-order chi connectivity index (χ1) is 10.8. The molecule has 114 valence electrons. The van der Waals surface area contributed by atoms with E-state index in [-0.39, 0.29) is 0 Å². The molecule has 0 fully saturated rings. The Morgan fingerprint density at radius 1 is 0.864 bits per heavy atom. The lowest BCUT2D eigenvalue weighted by Crippen LogP contribution is -2.27. The van der Waals surface area contributed by atoms with Crippen LogP contribution in [-0.4, -0.2) is 5.88 Å². The van der Waals surface area contributed by atoms with Crippen LogP contribution >= 0.6 is 11.6 Å². The zero-order chi connectivity index (χ0) is 15.3. The molecule has 1 aliphatic rings. The molecule has 0 aliphatic carbocycles. The molecule has 0 bridgehead atoms. The van der Waals surface area contributed by atoms with Crippen molar-refractivity contribution in [2.75, 3.05) is 5.88 Å². The topological polar surface area (TPSA) is 27.7 Å². The first kappa shape index (κ1) is 14.8. The Hall–Kier alpha value is -2.13. The van der Waals surface area contributed by atoms with Crippen LogP contribution < -0.4 is 4.74 Å². The second kappa shape index (κ2) is 6.75. The lowest BCUT2D eigenvalue weighted by molar-refractivity contribution is -0.155. The SMILES string of the molecule is ClCCCC1(c2ccc(Oc3ccccc3)cc2)OC=CO1. The van der Waals surface area contributed by atoms with E-state index in [9.17, 15) is 0 Å². The molecule has 2 aromatic carbocycles. The van der Waals surface area contributed by atoms with Gasteiger partial charge >= 0.3 is 0 Å². The average molecular weight is 317 g/mol. The van der Waals surface area contributed by atoms with Crippen molar-refractivity contribution in [3.8, 4) is 11.5 Å². The highest BCUT2D eigenvalue weighted by Gasteiger charge is 2.37. The van der Waals surface area contributed by atoms with E-state index in [1.54, 1.807) is 12.5 Å². The number of rotatable bonds is 6. The van der Waals surface area contributed by atoms with E-state index in [1.807, 2.05) is 54.6 Å². The molecule has 0 radical (unpaired) electrons. The van der Waals surface area contributed by atoms with Crippen LogP contribution in [0.25, 0.3) is 0 Å². The molecule has 0 saturated carbocycles. The van der Waals surface area contributed by atoms with E-state index in [2.05, 4.69) is 0 Å². The van der Waals surface area contributed by atoms with Gasteiger partial charge in [-0.3, -0.25) is 0 Å². The van der Waals surface area contributed by atoms with Crippen LogP contribution in [0.5, 0.6) is 11.5 Å². The Morgan fingerprint density at radius 3 is 2.14 bits per heavy atom. The maximum absolute atomic E-state index is 5.79. The summed E-state index contributed by atoms with van der Waals surface area (Å²) in [4.78, 5) is 0. The predicted molar refractivity (Wildman–Crippen MR) is 85.9 cm³/mol. The van der Waals surface area contributed by atoms with Gasteiger partial charge in [0.1, 0.15) is 24.0 Å². The van der Waals surface area contributed by atoms with Gasteiger partial charge in [0.05, 0.1) is 0 Å². The predicted octanol–water partition coefficient (Wildman–Crippen LogP) is 5.17. The Morgan fingerprint density at radius 2 is 1.50 bits per heavy atom. The molecule has 0 unspecified atom stereocenters. The third-order valence-corrected chi connectivity index (χ3v) is 3.75. The maximum Gasteiger partial charge on any atom is 0.276 e. The zero-order valence-electron chi connectivity index (χ0n) is 12.1. The molecule has 3 rings (SSSR count). The Labute approximate surface area is 135 Å². The van der Waals surface area contributed by atoms with Gasteiger partial charge in [0.2, 0.25) is 0 Å². The van der Waals surface area contributed by atoms with Gasteiger partial charge in [0.25, 0.3) is 5.79 Å². The summed E-state index contributed by atoms with van der Waals surface area (Å²) in [5, 5.41) is 0. The van der Waals surface area contributed by atoms with Crippen molar-refractivity contribution in [2.45, 2.75) is 18.6 Å². The molecule has 2 aromatic rings. The van der Waals surface area contributed by atoms with Gasteiger partial charge in [-0.25, -0.2) is 0 Å². The summed E-state index contributed by atoms with van der Waals surface area (Å²) in [7, 11) is 0. The van der Waals surface area contributed by atoms with Crippen LogP contribution in [0, 0.1) is 0 Å². The summed E-state index contributed by atoms with van der Waals surface area (Å²) in [5.74, 6) is 1.39. The monoisotopic (exact) mass is 316 g/mol. The molecular weight excluding hydrogens is 300 g/mol. The van der Waals surface area contributed by atoms with Crippen molar-refractivity contribution < 1.29 is 14.2 Å². The number of hydrogen-bond donors (Lipinski definition) is 0. The van der Waals surface area contributed by atoms with Crippen molar-refractivity contribution in [3.63, 3.8) is 0 Å². The number of alkyl halides is 1.